The summed E-state index contributed by atoms with van der Waals surface area (Å²) in [6.07, 6.45) is 6.12. The van der Waals surface area contributed by atoms with E-state index in [1.165, 1.54) is 0 Å². The fourth-order valence-electron chi connectivity index (χ4n) is 1.95. The van der Waals surface area contributed by atoms with Crippen molar-refractivity contribution in [3.8, 4) is 0 Å². The summed E-state index contributed by atoms with van der Waals surface area (Å²) in [7, 11) is 0. The molecule has 0 spiro atoms. The fourth-order valence-corrected chi connectivity index (χ4v) is 1.95. The second-order valence-corrected chi connectivity index (χ2v) is 4.68. The van der Waals surface area contributed by atoms with Crippen LogP contribution >= 0.6 is 0 Å². The minimum absolute atomic E-state index is 0.134. The van der Waals surface area contributed by atoms with Gasteiger partial charge in [0.2, 0.25) is 6.29 Å². The minimum Gasteiger partial charge on any atom is -0.478 e. The molecule has 2 rings (SSSR count). The Morgan fingerprint density at radius 3 is 2.75 bits per heavy atom. The highest BCUT2D eigenvalue weighted by Crippen LogP contribution is 2.18. The zero-order valence-electron chi connectivity index (χ0n) is 11.6. The smallest absolute Gasteiger partial charge is 0.327 e. The van der Waals surface area contributed by atoms with Crippen molar-refractivity contribution in [3.05, 3.63) is 12.7 Å². The Kier molecular flexibility index (Phi) is 7.91. The van der Waals surface area contributed by atoms with Gasteiger partial charge in [-0.25, -0.2) is 4.79 Å². The Morgan fingerprint density at radius 1 is 1.40 bits per heavy atom. The van der Waals surface area contributed by atoms with Gasteiger partial charge in [0.15, 0.2) is 0 Å². The average molecular weight is 286 g/mol. The maximum absolute atomic E-state index is 11.2. The predicted molar refractivity (Wildman–Crippen MR) is 71.1 cm³/mol. The standard InChI is InChI=1S/C11H18O4.C3H4O2/c12-10-5-1-2-6-11(15-10)14-8-9-4-3-7-13-9;1-2-3(4)5/h9,11H,1-8H2;2H,1H2,(H,4,5). The summed E-state index contributed by atoms with van der Waals surface area (Å²) in [5.41, 5.74) is 0. The van der Waals surface area contributed by atoms with Gasteiger partial charge in [0.05, 0.1) is 12.7 Å². The third kappa shape index (κ3) is 7.25. The first kappa shape index (κ1) is 16.7. The Hall–Kier alpha value is -1.40. The molecule has 6 nitrogen and oxygen atoms in total. The lowest BCUT2D eigenvalue weighted by atomic mass is 10.2. The van der Waals surface area contributed by atoms with Gasteiger partial charge < -0.3 is 19.3 Å². The summed E-state index contributed by atoms with van der Waals surface area (Å²) in [4.78, 5) is 20.4. The van der Waals surface area contributed by atoms with Crippen LogP contribution in [0.1, 0.15) is 38.5 Å². The lowest BCUT2D eigenvalue weighted by Crippen LogP contribution is -2.24. The van der Waals surface area contributed by atoms with Gasteiger partial charge in [-0.2, -0.15) is 0 Å². The van der Waals surface area contributed by atoms with E-state index in [9.17, 15) is 9.59 Å². The molecule has 2 fully saturated rings. The van der Waals surface area contributed by atoms with Gasteiger partial charge >= 0.3 is 11.9 Å². The van der Waals surface area contributed by atoms with Crippen LogP contribution in [0.3, 0.4) is 0 Å². The molecule has 0 radical (unpaired) electrons. The zero-order valence-corrected chi connectivity index (χ0v) is 11.6. The average Bonchev–Trinajstić information content (AvgIpc) is 2.86. The van der Waals surface area contributed by atoms with Crippen molar-refractivity contribution < 1.29 is 28.9 Å². The number of hydrogen-bond donors (Lipinski definition) is 1. The molecule has 0 aliphatic carbocycles. The second-order valence-electron chi connectivity index (χ2n) is 4.68. The van der Waals surface area contributed by atoms with E-state index in [1.54, 1.807) is 0 Å². The van der Waals surface area contributed by atoms with Crippen molar-refractivity contribution in [2.24, 2.45) is 0 Å². The van der Waals surface area contributed by atoms with Crippen molar-refractivity contribution in [1.29, 1.82) is 0 Å². The number of cyclic esters (lactones) is 1. The molecular formula is C14H22O6. The van der Waals surface area contributed by atoms with Crippen LogP contribution < -0.4 is 0 Å². The topological polar surface area (TPSA) is 82.1 Å². The number of aliphatic carboxylic acids is 1. The van der Waals surface area contributed by atoms with Crippen molar-refractivity contribution in [3.63, 3.8) is 0 Å². The molecule has 2 saturated heterocycles. The van der Waals surface area contributed by atoms with E-state index < -0.39 is 5.97 Å². The number of carbonyl (C=O) groups is 2. The normalized spacial score (nSPS) is 25.9. The van der Waals surface area contributed by atoms with Crippen molar-refractivity contribution in [2.75, 3.05) is 13.2 Å². The van der Waals surface area contributed by atoms with Crippen molar-refractivity contribution >= 4 is 11.9 Å². The van der Waals surface area contributed by atoms with E-state index in [1.807, 2.05) is 0 Å². The van der Waals surface area contributed by atoms with Crippen LogP contribution in [-0.4, -0.2) is 42.7 Å². The highest BCUT2D eigenvalue weighted by Gasteiger charge is 2.22. The quantitative estimate of drug-likeness (QED) is 0.627. The van der Waals surface area contributed by atoms with E-state index in [0.29, 0.717) is 13.0 Å². The molecule has 0 saturated carbocycles. The van der Waals surface area contributed by atoms with Crippen LogP contribution in [0.4, 0.5) is 0 Å². The summed E-state index contributed by atoms with van der Waals surface area (Å²) in [6.45, 7) is 4.35. The number of carbonyl (C=O) groups excluding carboxylic acids is 1. The largest absolute Gasteiger partial charge is 0.478 e. The monoisotopic (exact) mass is 286 g/mol. The van der Waals surface area contributed by atoms with Crippen molar-refractivity contribution in [1.82, 2.24) is 0 Å². The van der Waals surface area contributed by atoms with Crippen LogP contribution in [0.25, 0.3) is 0 Å². The molecule has 2 atom stereocenters. The molecular weight excluding hydrogens is 264 g/mol. The molecule has 2 heterocycles. The number of carboxylic acids is 1. The van der Waals surface area contributed by atoms with Crippen LogP contribution in [-0.2, 0) is 23.8 Å². The van der Waals surface area contributed by atoms with Crippen LogP contribution in [0.15, 0.2) is 12.7 Å². The molecule has 2 aliphatic rings. The van der Waals surface area contributed by atoms with Gasteiger partial charge in [0.25, 0.3) is 0 Å². The SMILES string of the molecule is C=CC(=O)O.O=C1CCCCC(OCC2CCCO2)O1. The first-order valence-electron chi connectivity index (χ1n) is 6.90. The Balaban J connectivity index is 0.000000347. The van der Waals surface area contributed by atoms with E-state index in [2.05, 4.69) is 6.58 Å². The van der Waals surface area contributed by atoms with E-state index >= 15 is 0 Å². The van der Waals surface area contributed by atoms with Gasteiger partial charge in [0.1, 0.15) is 0 Å². The summed E-state index contributed by atoms with van der Waals surface area (Å²) in [5.74, 6) is -1.12. The van der Waals surface area contributed by atoms with Gasteiger partial charge in [-0.1, -0.05) is 6.58 Å². The Bertz CT molecular complexity index is 322. The van der Waals surface area contributed by atoms with Gasteiger partial charge in [0, 0.05) is 25.5 Å². The van der Waals surface area contributed by atoms with E-state index in [-0.39, 0.29) is 18.4 Å². The minimum atomic E-state index is -0.981. The van der Waals surface area contributed by atoms with Crippen LogP contribution in [0, 0.1) is 0 Å². The predicted octanol–water partition coefficient (Wildman–Crippen LogP) is 1.88. The molecule has 2 aliphatic heterocycles. The maximum Gasteiger partial charge on any atom is 0.327 e. The lowest BCUT2D eigenvalue weighted by Gasteiger charge is -2.18. The number of rotatable bonds is 4. The number of hydrogen-bond acceptors (Lipinski definition) is 5. The summed E-state index contributed by atoms with van der Waals surface area (Å²) in [6, 6.07) is 0. The molecule has 114 valence electrons. The van der Waals surface area contributed by atoms with Gasteiger partial charge in [-0.05, 0) is 25.7 Å². The van der Waals surface area contributed by atoms with Crippen LogP contribution in [0.5, 0.6) is 0 Å². The maximum atomic E-state index is 11.2. The first-order valence-corrected chi connectivity index (χ1v) is 6.90. The lowest BCUT2D eigenvalue weighted by molar-refractivity contribution is -0.182. The summed E-state index contributed by atoms with van der Waals surface area (Å²) in [5, 5.41) is 7.60. The Labute approximate surface area is 118 Å². The van der Waals surface area contributed by atoms with Gasteiger partial charge in [-0.15, -0.1) is 0 Å². The molecule has 20 heavy (non-hydrogen) atoms. The highest BCUT2D eigenvalue weighted by atomic mass is 16.7. The number of ether oxygens (including phenoxy) is 3. The molecule has 0 aromatic carbocycles. The number of esters is 1. The highest BCUT2D eigenvalue weighted by molar-refractivity contribution is 5.78. The number of carboxylic acid groups (broad SMARTS) is 1. The zero-order chi connectivity index (χ0) is 14.8. The Morgan fingerprint density at radius 2 is 2.15 bits per heavy atom. The summed E-state index contributed by atoms with van der Waals surface area (Å²) >= 11 is 0. The molecule has 6 heteroatoms. The third-order valence-electron chi connectivity index (χ3n) is 3.00. The molecule has 0 amide bonds. The van der Waals surface area contributed by atoms with Crippen LogP contribution in [0.2, 0.25) is 0 Å². The summed E-state index contributed by atoms with van der Waals surface area (Å²) < 4.78 is 16.1. The molecule has 2 unspecified atom stereocenters. The fraction of sp³-hybridized carbons (Fsp3) is 0.714. The van der Waals surface area contributed by atoms with E-state index in [0.717, 1.165) is 44.8 Å². The van der Waals surface area contributed by atoms with E-state index in [4.69, 9.17) is 19.3 Å². The first-order chi connectivity index (χ1) is 9.61. The van der Waals surface area contributed by atoms with Gasteiger partial charge in [-0.3, -0.25) is 4.79 Å². The molecule has 0 aromatic rings. The second kappa shape index (κ2) is 9.50. The molecule has 0 aromatic heterocycles. The molecule has 1 N–H and O–H groups in total. The van der Waals surface area contributed by atoms with Crippen molar-refractivity contribution in [2.45, 2.75) is 50.9 Å². The third-order valence-corrected chi connectivity index (χ3v) is 3.00. The molecule has 0 bridgehead atoms.